The highest BCUT2D eigenvalue weighted by molar-refractivity contribution is 6.06. The molecule has 0 aliphatic rings. The molecule has 0 atom stereocenters. The van der Waals surface area contributed by atoms with Crippen LogP contribution in [0.1, 0.15) is 16.1 Å². The van der Waals surface area contributed by atoms with E-state index in [2.05, 4.69) is 10.3 Å². The Morgan fingerprint density at radius 3 is 2.77 bits per heavy atom. The molecule has 26 heavy (non-hydrogen) atoms. The Kier molecular flexibility index (Phi) is 3.57. The van der Waals surface area contributed by atoms with Crippen LogP contribution in [-0.4, -0.2) is 19.9 Å². The molecule has 1 N–H and O–H groups in total. The Morgan fingerprint density at radius 1 is 1.19 bits per heavy atom. The van der Waals surface area contributed by atoms with Crippen molar-refractivity contribution in [1.82, 2.24) is 14.0 Å². The number of carbonyl (C=O) groups is 1. The first-order valence-corrected chi connectivity index (χ1v) is 8.00. The Labute approximate surface area is 147 Å². The van der Waals surface area contributed by atoms with E-state index in [1.54, 1.807) is 55.1 Å². The van der Waals surface area contributed by atoms with Crippen molar-refractivity contribution in [3.05, 3.63) is 76.1 Å². The smallest absolute Gasteiger partial charge is 0.272 e. The fourth-order valence-corrected chi connectivity index (χ4v) is 2.90. The molecule has 0 aliphatic heterocycles. The van der Waals surface area contributed by atoms with Gasteiger partial charge in [0.15, 0.2) is 0 Å². The first kappa shape index (κ1) is 16.0. The standard InChI is InChI=1S/C19H15FN4O2/c1-11-6-7-12(9-14(11)20)21-18(25)15-10-13-17(23(15)2)22-16-5-3-4-8-24(16)19(13)26/h3-10H,1-2H3,(H,21,25). The summed E-state index contributed by atoms with van der Waals surface area (Å²) < 4.78 is 16.7. The Hall–Kier alpha value is -3.48. The maximum Gasteiger partial charge on any atom is 0.272 e. The maximum absolute atomic E-state index is 13.7. The van der Waals surface area contributed by atoms with Gasteiger partial charge >= 0.3 is 0 Å². The summed E-state index contributed by atoms with van der Waals surface area (Å²) in [6.07, 6.45) is 1.63. The number of anilines is 1. The normalized spacial score (nSPS) is 11.2. The molecule has 0 radical (unpaired) electrons. The van der Waals surface area contributed by atoms with E-state index in [0.717, 1.165) is 0 Å². The zero-order valence-electron chi connectivity index (χ0n) is 14.2. The Bertz CT molecular complexity index is 1240. The van der Waals surface area contributed by atoms with Crippen molar-refractivity contribution in [1.29, 1.82) is 0 Å². The minimum absolute atomic E-state index is 0.248. The van der Waals surface area contributed by atoms with Crippen LogP contribution < -0.4 is 10.9 Å². The largest absolute Gasteiger partial charge is 0.324 e. The van der Waals surface area contributed by atoms with Gasteiger partial charge in [-0.1, -0.05) is 12.1 Å². The summed E-state index contributed by atoms with van der Waals surface area (Å²) in [6, 6.07) is 11.2. The molecule has 0 bridgehead atoms. The van der Waals surface area contributed by atoms with Gasteiger partial charge in [0.1, 0.15) is 22.8 Å². The minimum atomic E-state index is -0.442. The van der Waals surface area contributed by atoms with Gasteiger partial charge in [-0.05, 0) is 42.8 Å². The second kappa shape index (κ2) is 5.80. The molecule has 4 rings (SSSR count). The molecule has 1 aromatic carbocycles. The molecule has 130 valence electrons. The van der Waals surface area contributed by atoms with Gasteiger partial charge < -0.3 is 9.88 Å². The lowest BCUT2D eigenvalue weighted by molar-refractivity contribution is 0.101. The van der Waals surface area contributed by atoms with E-state index in [9.17, 15) is 14.0 Å². The summed E-state index contributed by atoms with van der Waals surface area (Å²) in [5, 5.41) is 3.00. The highest BCUT2D eigenvalue weighted by Gasteiger charge is 2.18. The number of carbonyl (C=O) groups excluding carboxylic acids is 1. The van der Waals surface area contributed by atoms with E-state index in [-0.39, 0.29) is 11.3 Å². The molecule has 0 aliphatic carbocycles. The van der Waals surface area contributed by atoms with Crippen LogP contribution in [0.15, 0.2) is 53.5 Å². The number of rotatable bonds is 2. The van der Waals surface area contributed by atoms with Crippen LogP contribution in [0.4, 0.5) is 10.1 Å². The van der Waals surface area contributed by atoms with Gasteiger partial charge in [0.2, 0.25) is 0 Å². The van der Waals surface area contributed by atoms with Gasteiger partial charge in [-0.15, -0.1) is 0 Å². The zero-order chi connectivity index (χ0) is 18.4. The van der Waals surface area contributed by atoms with Gasteiger partial charge in [0.25, 0.3) is 11.5 Å². The first-order chi connectivity index (χ1) is 12.5. The summed E-state index contributed by atoms with van der Waals surface area (Å²) >= 11 is 0. The number of hydrogen-bond donors (Lipinski definition) is 1. The third kappa shape index (κ3) is 2.45. The SMILES string of the molecule is Cc1ccc(NC(=O)c2cc3c(=O)n4ccccc4nc3n2C)cc1F. The van der Waals surface area contributed by atoms with E-state index in [1.165, 1.54) is 16.5 Å². The van der Waals surface area contributed by atoms with Gasteiger partial charge in [-0.2, -0.15) is 0 Å². The van der Waals surface area contributed by atoms with Crippen LogP contribution in [0.5, 0.6) is 0 Å². The summed E-state index contributed by atoms with van der Waals surface area (Å²) in [6.45, 7) is 1.65. The fourth-order valence-electron chi connectivity index (χ4n) is 2.90. The third-order valence-corrected chi connectivity index (χ3v) is 4.37. The van der Waals surface area contributed by atoms with Gasteiger partial charge in [-0.25, -0.2) is 9.37 Å². The molecule has 3 aromatic heterocycles. The highest BCUT2D eigenvalue weighted by Crippen LogP contribution is 2.18. The average molecular weight is 350 g/mol. The molecule has 1 amide bonds. The molecule has 0 fully saturated rings. The number of pyridine rings is 1. The second-order valence-corrected chi connectivity index (χ2v) is 6.09. The molecule has 0 unspecified atom stereocenters. The van der Waals surface area contributed by atoms with Gasteiger partial charge in [-0.3, -0.25) is 14.0 Å². The predicted octanol–water partition coefficient (Wildman–Crippen LogP) is 2.89. The molecule has 0 saturated heterocycles. The van der Waals surface area contributed by atoms with Crippen LogP contribution in [0.2, 0.25) is 0 Å². The molecule has 7 heteroatoms. The summed E-state index contributed by atoms with van der Waals surface area (Å²) in [5.41, 5.74) is 1.78. The molecular weight excluding hydrogens is 335 g/mol. The van der Waals surface area contributed by atoms with Gasteiger partial charge in [0.05, 0.1) is 5.39 Å². The van der Waals surface area contributed by atoms with Crippen LogP contribution in [-0.2, 0) is 7.05 Å². The van der Waals surface area contributed by atoms with Crippen LogP contribution in [0, 0.1) is 12.7 Å². The van der Waals surface area contributed by atoms with Crippen LogP contribution in [0.3, 0.4) is 0 Å². The lowest BCUT2D eigenvalue weighted by Crippen LogP contribution is -2.16. The van der Waals surface area contributed by atoms with E-state index in [0.29, 0.717) is 27.9 Å². The van der Waals surface area contributed by atoms with Crippen LogP contribution in [0.25, 0.3) is 16.7 Å². The van der Waals surface area contributed by atoms with E-state index in [4.69, 9.17) is 0 Å². The maximum atomic E-state index is 13.7. The number of fused-ring (bicyclic) bond motifs is 2. The minimum Gasteiger partial charge on any atom is -0.324 e. The highest BCUT2D eigenvalue weighted by atomic mass is 19.1. The summed E-state index contributed by atoms with van der Waals surface area (Å²) in [4.78, 5) is 29.7. The number of hydrogen-bond acceptors (Lipinski definition) is 3. The Balaban J connectivity index is 1.81. The first-order valence-electron chi connectivity index (χ1n) is 8.00. The van der Waals surface area contributed by atoms with E-state index >= 15 is 0 Å². The number of aryl methyl sites for hydroxylation is 2. The monoisotopic (exact) mass is 350 g/mol. The molecule has 6 nitrogen and oxygen atoms in total. The van der Waals surface area contributed by atoms with Crippen molar-refractivity contribution in [2.45, 2.75) is 6.92 Å². The molecule has 0 saturated carbocycles. The van der Waals surface area contributed by atoms with Gasteiger partial charge in [0, 0.05) is 18.9 Å². The third-order valence-electron chi connectivity index (χ3n) is 4.37. The van der Waals surface area contributed by atoms with E-state index < -0.39 is 11.7 Å². The number of benzene rings is 1. The average Bonchev–Trinajstić information content (AvgIpc) is 2.96. The molecule has 3 heterocycles. The van der Waals surface area contributed by atoms with Crippen molar-refractivity contribution >= 4 is 28.3 Å². The van der Waals surface area contributed by atoms with Crippen molar-refractivity contribution in [2.24, 2.45) is 7.05 Å². The molecular formula is C19H15FN4O2. The molecule has 0 spiro atoms. The topological polar surface area (TPSA) is 68.4 Å². The summed E-state index contributed by atoms with van der Waals surface area (Å²) in [5.74, 6) is -0.840. The van der Waals surface area contributed by atoms with E-state index in [1.807, 2.05) is 0 Å². The lowest BCUT2D eigenvalue weighted by Gasteiger charge is -2.07. The second-order valence-electron chi connectivity index (χ2n) is 6.09. The van der Waals surface area contributed by atoms with Crippen molar-refractivity contribution in [3.63, 3.8) is 0 Å². The van der Waals surface area contributed by atoms with Crippen molar-refractivity contribution in [2.75, 3.05) is 5.32 Å². The van der Waals surface area contributed by atoms with Crippen LogP contribution >= 0.6 is 0 Å². The number of nitrogens with zero attached hydrogens (tertiary/aromatic N) is 3. The van der Waals surface area contributed by atoms with Crippen molar-refractivity contribution in [3.8, 4) is 0 Å². The predicted molar refractivity (Wildman–Crippen MR) is 97.0 cm³/mol. The fraction of sp³-hybridized carbons (Fsp3) is 0.105. The summed E-state index contributed by atoms with van der Waals surface area (Å²) in [7, 11) is 1.67. The quantitative estimate of drug-likeness (QED) is 0.604. The number of aromatic nitrogens is 3. The zero-order valence-corrected chi connectivity index (χ0v) is 14.2. The Morgan fingerprint density at radius 2 is 2.00 bits per heavy atom. The number of halogens is 1. The number of amides is 1. The number of nitrogens with one attached hydrogen (secondary N) is 1. The lowest BCUT2D eigenvalue weighted by atomic mass is 10.2. The molecule has 4 aromatic rings. The van der Waals surface area contributed by atoms with Crippen molar-refractivity contribution < 1.29 is 9.18 Å².